The summed E-state index contributed by atoms with van der Waals surface area (Å²) in [5.41, 5.74) is 0.674. The first kappa shape index (κ1) is 20.3. The average molecular weight is 342 g/mol. The fourth-order valence-electron chi connectivity index (χ4n) is 1.35. The number of carbonyl (C=O) groups is 2. The fraction of sp³-hybridized carbons (Fsp3) is 0.375. The zero-order chi connectivity index (χ0) is 17.1. The van der Waals surface area contributed by atoms with Crippen molar-refractivity contribution in [2.24, 2.45) is 0 Å². The molecule has 0 bridgehead atoms. The van der Waals surface area contributed by atoms with Crippen molar-refractivity contribution in [3.05, 3.63) is 43.8 Å². The quantitative estimate of drug-likeness (QED) is 0.742. The minimum atomic E-state index is -0.252. The van der Waals surface area contributed by atoms with Gasteiger partial charge in [0.1, 0.15) is 4.88 Å². The largest absolute Gasteiger partial charge is 0.465 e. The van der Waals surface area contributed by atoms with E-state index in [0.29, 0.717) is 10.4 Å². The van der Waals surface area contributed by atoms with E-state index in [2.05, 4.69) is 9.47 Å². The van der Waals surface area contributed by atoms with Crippen molar-refractivity contribution in [1.29, 1.82) is 0 Å². The first-order valence-corrected chi connectivity index (χ1v) is 8.46. The molecule has 0 N–H and O–H groups in total. The number of thiophene rings is 2. The van der Waals surface area contributed by atoms with Crippen LogP contribution in [0.15, 0.2) is 23.6 Å². The van der Waals surface area contributed by atoms with Crippen LogP contribution in [-0.2, 0) is 9.47 Å². The van der Waals surface area contributed by atoms with E-state index >= 15 is 0 Å². The summed E-state index contributed by atoms with van der Waals surface area (Å²) in [5, 5.41) is 1.88. The average Bonchev–Trinajstić information content (AvgIpc) is 3.17. The predicted octanol–water partition coefficient (Wildman–Crippen LogP) is 4.71. The first-order chi connectivity index (χ1) is 10.5. The third-order valence-electron chi connectivity index (χ3n) is 2.39. The van der Waals surface area contributed by atoms with Gasteiger partial charge < -0.3 is 9.47 Å². The van der Waals surface area contributed by atoms with Crippen LogP contribution in [0, 0.1) is 13.8 Å². The van der Waals surface area contributed by atoms with E-state index in [1.807, 2.05) is 39.1 Å². The summed E-state index contributed by atoms with van der Waals surface area (Å²) in [6.07, 6.45) is 0. The molecule has 0 aromatic carbocycles. The van der Waals surface area contributed by atoms with E-state index in [9.17, 15) is 9.59 Å². The van der Waals surface area contributed by atoms with E-state index in [1.54, 1.807) is 23.5 Å². The maximum atomic E-state index is 10.9. The molecule has 0 aliphatic rings. The zero-order valence-electron chi connectivity index (χ0n) is 13.8. The molecular weight excluding hydrogens is 320 g/mol. The zero-order valence-corrected chi connectivity index (χ0v) is 15.4. The number of aryl methyl sites for hydroxylation is 2. The van der Waals surface area contributed by atoms with Gasteiger partial charge in [-0.15, -0.1) is 22.7 Å². The summed E-state index contributed by atoms with van der Waals surface area (Å²) in [6, 6.07) is 5.44. The number of hydrogen-bond acceptors (Lipinski definition) is 6. The molecule has 0 saturated heterocycles. The number of methoxy groups -OCH3 is 2. The Morgan fingerprint density at radius 2 is 1.55 bits per heavy atom. The maximum Gasteiger partial charge on any atom is 0.348 e. The second-order valence-electron chi connectivity index (χ2n) is 3.78. The molecule has 0 aliphatic heterocycles. The molecule has 2 aromatic heterocycles. The van der Waals surface area contributed by atoms with Gasteiger partial charge in [-0.1, -0.05) is 13.8 Å². The van der Waals surface area contributed by atoms with Gasteiger partial charge >= 0.3 is 11.9 Å². The van der Waals surface area contributed by atoms with Gasteiger partial charge in [0.2, 0.25) is 0 Å². The van der Waals surface area contributed by atoms with Crippen LogP contribution in [0.5, 0.6) is 0 Å². The van der Waals surface area contributed by atoms with Crippen molar-refractivity contribution in [3.63, 3.8) is 0 Å². The normalized spacial score (nSPS) is 8.82. The molecule has 6 heteroatoms. The highest BCUT2D eigenvalue weighted by Gasteiger charge is 2.08. The molecular formula is C16H22O4S2. The molecule has 2 rings (SSSR count). The smallest absolute Gasteiger partial charge is 0.348 e. The molecule has 0 radical (unpaired) electrons. The lowest BCUT2D eigenvalue weighted by molar-refractivity contribution is 0.0594. The van der Waals surface area contributed by atoms with Gasteiger partial charge in [0, 0.05) is 9.75 Å². The van der Waals surface area contributed by atoms with E-state index in [0.717, 1.165) is 9.75 Å². The lowest BCUT2D eigenvalue weighted by Gasteiger charge is -1.94. The summed E-state index contributed by atoms with van der Waals surface area (Å²) in [5.74, 6) is -0.503. The molecule has 2 heterocycles. The number of carbonyl (C=O) groups excluding carboxylic acids is 2. The summed E-state index contributed by atoms with van der Waals surface area (Å²) in [4.78, 5) is 24.5. The van der Waals surface area contributed by atoms with E-state index in [-0.39, 0.29) is 11.9 Å². The number of ether oxygens (including phenoxy) is 2. The molecule has 0 atom stereocenters. The van der Waals surface area contributed by atoms with Crippen LogP contribution < -0.4 is 0 Å². The molecule has 0 spiro atoms. The first-order valence-electron chi connectivity index (χ1n) is 6.76. The molecule has 22 heavy (non-hydrogen) atoms. The number of esters is 2. The Bertz CT molecular complexity index is 584. The number of rotatable bonds is 2. The van der Waals surface area contributed by atoms with E-state index in [1.165, 1.54) is 25.6 Å². The van der Waals surface area contributed by atoms with Crippen LogP contribution in [0.3, 0.4) is 0 Å². The summed E-state index contributed by atoms with van der Waals surface area (Å²) >= 11 is 2.99. The molecule has 2 aromatic rings. The van der Waals surface area contributed by atoms with Crippen molar-refractivity contribution in [2.45, 2.75) is 27.7 Å². The second-order valence-corrected chi connectivity index (χ2v) is 6.19. The topological polar surface area (TPSA) is 52.6 Å². The maximum absolute atomic E-state index is 10.9. The Labute approximate surface area is 139 Å². The van der Waals surface area contributed by atoms with Gasteiger partial charge in [-0.3, -0.25) is 0 Å². The van der Waals surface area contributed by atoms with Crippen LogP contribution in [0.2, 0.25) is 0 Å². The Balaban J connectivity index is 0.000000360. The highest BCUT2D eigenvalue weighted by Crippen LogP contribution is 2.15. The van der Waals surface area contributed by atoms with Gasteiger partial charge in [-0.2, -0.15) is 0 Å². The van der Waals surface area contributed by atoms with Gasteiger partial charge in [0.05, 0.1) is 19.8 Å². The summed E-state index contributed by atoms with van der Waals surface area (Å²) in [7, 11) is 2.77. The minimum Gasteiger partial charge on any atom is -0.465 e. The van der Waals surface area contributed by atoms with E-state index in [4.69, 9.17) is 0 Å². The van der Waals surface area contributed by atoms with Gasteiger partial charge in [-0.05, 0) is 37.4 Å². The van der Waals surface area contributed by atoms with Gasteiger partial charge in [-0.25, -0.2) is 9.59 Å². The third kappa shape index (κ3) is 6.41. The summed E-state index contributed by atoms with van der Waals surface area (Å²) in [6.45, 7) is 7.86. The standard InChI is InChI=1S/2C7H8O2S.C2H6/c1-5-6(3-4-10-5)7(8)9-2;1-5-3-4-6(10-5)7(8)9-2;1-2/h2*3-4H,1-2H3;1-2H3. The SMILES string of the molecule is CC.COC(=O)c1ccc(C)s1.COC(=O)c1ccsc1C. The molecule has 0 unspecified atom stereocenters. The van der Waals surface area contributed by atoms with E-state index < -0.39 is 0 Å². The Hall–Kier alpha value is -1.66. The lowest BCUT2D eigenvalue weighted by Crippen LogP contribution is -2.00. The minimum absolute atomic E-state index is 0.251. The van der Waals surface area contributed by atoms with Gasteiger partial charge in [0.15, 0.2) is 0 Å². The predicted molar refractivity (Wildman–Crippen MR) is 92.1 cm³/mol. The Morgan fingerprint density at radius 1 is 0.955 bits per heavy atom. The summed E-state index contributed by atoms with van der Waals surface area (Å²) < 4.78 is 9.06. The second kappa shape index (κ2) is 11.0. The van der Waals surface area contributed by atoms with Crippen LogP contribution in [0.25, 0.3) is 0 Å². The molecule has 122 valence electrons. The van der Waals surface area contributed by atoms with Crippen LogP contribution in [0.4, 0.5) is 0 Å². The molecule has 0 amide bonds. The van der Waals surface area contributed by atoms with Crippen molar-refractivity contribution >= 4 is 34.6 Å². The Morgan fingerprint density at radius 3 is 1.91 bits per heavy atom. The molecule has 4 nitrogen and oxygen atoms in total. The van der Waals surface area contributed by atoms with Crippen molar-refractivity contribution in [2.75, 3.05) is 14.2 Å². The van der Waals surface area contributed by atoms with Crippen LogP contribution >= 0.6 is 22.7 Å². The lowest BCUT2D eigenvalue weighted by atomic mass is 10.3. The van der Waals surface area contributed by atoms with Crippen molar-refractivity contribution in [3.8, 4) is 0 Å². The van der Waals surface area contributed by atoms with Crippen molar-refractivity contribution in [1.82, 2.24) is 0 Å². The molecule has 0 fully saturated rings. The molecule has 0 saturated carbocycles. The molecule has 0 aliphatic carbocycles. The highest BCUT2D eigenvalue weighted by molar-refractivity contribution is 7.13. The highest BCUT2D eigenvalue weighted by atomic mass is 32.1. The third-order valence-corrected chi connectivity index (χ3v) is 4.22. The monoisotopic (exact) mass is 342 g/mol. The number of hydrogen-bond donors (Lipinski definition) is 0. The van der Waals surface area contributed by atoms with Crippen molar-refractivity contribution < 1.29 is 19.1 Å². The van der Waals surface area contributed by atoms with Crippen LogP contribution in [-0.4, -0.2) is 26.2 Å². The van der Waals surface area contributed by atoms with Crippen LogP contribution in [0.1, 0.15) is 43.6 Å². The Kier molecular flexibility index (Phi) is 10.2. The van der Waals surface area contributed by atoms with Gasteiger partial charge in [0.25, 0.3) is 0 Å². The fourth-order valence-corrected chi connectivity index (χ4v) is 2.82.